The average Bonchev–Trinajstić information content (AvgIpc) is 3.12. The molecule has 0 amide bonds. The van der Waals surface area contributed by atoms with Crippen molar-refractivity contribution < 1.29 is 0 Å². The third kappa shape index (κ3) is 3.04. The van der Waals surface area contributed by atoms with E-state index in [1.165, 1.54) is 5.56 Å². The third-order valence-electron chi connectivity index (χ3n) is 5.51. The molecule has 1 aliphatic heterocycles. The highest BCUT2D eigenvalue weighted by molar-refractivity contribution is 5.93. The Kier molecular flexibility index (Phi) is 4.26. The Hall–Kier alpha value is -3.29. The van der Waals surface area contributed by atoms with Gasteiger partial charge in [-0.25, -0.2) is 19.9 Å². The molecule has 0 aromatic carbocycles. The molecule has 8 nitrogen and oxygen atoms in total. The Balaban J connectivity index is 1.55. The third-order valence-corrected chi connectivity index (χ3v) is 5.51. The molecular weight excluding hydrogens is 364 g/mol. The van der Waals surface area contributed by atoms with Crippen molar-refractivity contribution in [2.45, 2.75) is 27.2 Å². The van der Waals surface area contributed by atoms with Crippen molar-refractivity contribution in [3.63, 3.8) is 0 Å². The predicted molar refractivity (Wildman–Crippen MR) is 114 cm³/mol. The molecular formula is C21H24N8. The molecule has 0 radical (unpaired) electrons. The van der Waals surface area contributed by atoms with Crippen LogP contribution in [0.15, 0.2) is 30.6 Å². The van der Waals surface area contributed by atoms with Gasteiger partial charge in [0.15, 0.2) is 11.3 Å². The molecule has 0 N–H and O–H groups in total. The van der Waals surface area contributed by atoms with E-state index in [4.69, 9.17) is 10.1 Å². The number of rotatable bonds is 3. The average molecular weight is 388 g/mol. The minimum Gasteiger partial charge on any atom is -0.353 e. The minimum atomic E-state index is 0.765. The van der Waals surface area contributed by atoms with Crippen LogP contribution in [0.4, 0.5) is 11.8 Å². The van der Waals surface area contributed by atoms with Gasteiger partial charge >= 0.3 is 0 Å². The number of piperazine rings is 1. The van der Waals surface area contributed by atoms with Crippen molar-refractivity contribution in [1.82, 2.24) is 29.5 Å². The molecule has 1 aliphatic rings. The lowest BCUT2D eigenvalue weighted by atomic mass is 10.2. The second-order valence-corrected chi connectivity index (χ2v) is 7.50. The van der Waals surface area contributed by atoms with Crippen LogP contribution in [0.2, 0.25) is 0 Å². The van der Waals surface area contributed by atoms with Crippen LogP contribution in [0.1, 0.15) is 23.9 Å². The second kappa shape index (κ2) is 6.95. The zero-order valence-electron chi connectivity index (χ0n) is 17.0. The Morgan fingerprint density at radius 1 is 0.931 bits per heavy atom. The monoisotopic (exact) mass is 388 g/mol. The highest BCUT2D eigenvalue weighted by Crippen LogP contribution is 2.27. The van der Waals surface area contributed by atoms with Gasteiger partial charge < -0.3 is 9.80 Å². The second-order valence-electron chi connectivity index (χ2n) is 7.50. The first kappa shape index (κ1) is 17.8. The summed E-state index contributed by atoms with van der Waals surface area (Å²) >= 11 is 0. The maximum atomic E-state index is 4.89. The standard InChI is InChI=1S/C21H24N8/c1-4-16-13-17(27-8-10-28(11-9-27)21-22-6-5-7-23-21)29-20(25-16)18-14(2)12-15(3)24-19(18)26-29/h5-7,12-13H,4,8-11H2,1-3H3. The van der Waals surface area contributed by atoms with Crippen molar-refractivity contribution >= 4 is 28.4 Å². The van der Waals surface area contributed by atoms with Crippen LogP contribution in [0.5, 0.6) is 0 Å². The first-order valence-corrected chi connectivity index (χ1v) is 10.1. The van der Waals surface area contributed by atoms with Crippen LogP contribution in [-0.2, 0) is 6.42 Å². The SMILES string of the molecule is CCc1cc(N2CCN(c3ncccn3)CC2)n2nc3nc(C)cc(C)c3c2n1. The fraction of sp³-hybridized carbons (Fsp3) is 0.381. The van der Waals surface area contributed by atoms with Gasteiger partial charge in [-0.15, -0.1) is 5.10 Å². The van der Waals surface area contributed by atoms with Crippen LogP contribution < -0.4 is 9.80 Å². The molecule has 1 saturated heterocycles. The van der Waals surface area contributed by atoms with Crippen LogP contribution in [0.25, 0.3) is 16.7 Å². The van der Waals surface area contributed by atoms with Crippen molar-refractivity contribution in [1.29, 1.82) is 0 Å². The summed E-state index contributed by atoms with van der Waals surface area (Å²) in [4.78, 5) is 22.9. The van der Waals surface area contributed by atoms with Gasteiger partial charge in [0, 0.05) is 56.0 Å². The van der Waals surface area contributed by atoms with E-state index >= 15 is 0 Å². The van der Waals surface area contributed by atoms with Gasteiger partial charge in [0.05, 0.1) is 5.39 Å². The molecule has 1 fully saturated rings. The van der Waals surface area contributed by atoms with Crippen molar-refractivity contribution in [3.8, 4) is 0 Å². The van der Waals surface area contributed by atoms with E-state index in [9.17, 15) is 0 Å². The molecule has 0 unspecified atom stereocenters. The Bertz CT molecular complexity index is 1180. The quantitative estimate of drug-likeness (QED) is 0.534. The molecule has 4 aromatic heterocycles. The maximum absolute atomic E-state index is 4.89. The Labute approximate surface area is 169 Å². The molecule has 0 bridgehead atoms. The lowest BCUT2D eigenvalue weighted by molar-refractivity contribution is 0.626. The van der Waals surface area contributed by atoms with E-state index in [1.54, 1.807) is 12.4 Å². The minimum absolute atomic E-state index is 0.765. The topological polar surface area (TPSA) is 75.3 Å². The molecule has 0 saturated carbocycles. The Morgan fingerprint density at radius 2 is 1.66 bits per heavy atom. The molecule has 148 valence electrons. The van der Waals surface area contributed by atoms with E-state index in [0.717, 1.165) is 72.4 Å². The molecule has 0 spiro atoms. The van der Waals surface area contributed by atoms with Gasteiger partial charge in [-0.05, 0) is 38.0 Å². The lowest BCUT2D eigenvalue weighted by Gasteiger charge is -2.36. The first-order valence-electron chi connectivity index (χ1n) is 10.1. The number of fused-ring (bicyclic) bond motifs is 3. The summed E-state index contributed by atoms with van der Waals surface area (Å²) in [6, 6.07) is 6.11. The van der Waals surface area contributed by atoms with E-state index in [1.807, 2.05) is 17.5 Å². The summed E-state index contributed by atoms with van der Waals surface area (Å²) < 4.78 is 1.97. The van der Waals surface area contributed by atoms with Crippen LogP contribution in [0, 0.1) is 13.8 Å². The van der Waals surface area contributed by atoms with Crippen molar-refractivity contribution in [2.75, 3.05) is 36.0 Å². The highest BCUT2D eigenvalue weighted by Gasteiger charge is 2.23. The van der Waals surface area contributed by atoms with Gasteiger partial charge in [-0.1, -0.05) is 6.92 Å². The first-order chi connectivity index (χ1) is 14.1. The summed E-state index contributed by atoms with van der Waals surface area (Å²) in [5, 5.41) is 5.87. The fourth-order valence-electron chi connectivity index (χ4n) is 4.05. The van der Waals surface area contributed by atoms with Crippen molar-refractivity contribution in [3.05, 3.63) is 47.5 Å². The number of anilines is 2. The van der Waals surface area contributed by atoms with Crippen LogP contribution >= 0.6 is 0 Å². The number of hydrogen-bond acceptors (Lipinski definition) is 7. The number of nitrogens with zero attached hydrogens (tertiary/aromatic N) is 8. The fourth-order valence-corrected chi connectivity index (χ4v) is 4.05. The lowest BCUT2D eigenvalue weighted by Crippen LogP contribution is -2.47. The molecule has 4 aromatic rings. The summed E-state index contributed by atoms with van der Waals surface area (Å²) in [5.41, 5.74) is 4.88. The summed E-state index contributed by atoms with van der Waals surface area (Å²) in [6.45, 7) is 9.74. The van der Waals surface area contributed by atoms with Gasteiger partial charge in [0.25, 0.3) is 0 Å². The highest BCUT2D eigenvalue weighted by atomic mass is 15.4. The summed E-state index contributed by atoms with van der Waals surface area (Å²) in [7, 11) is 0. The largest absolute Gasteiger partial charge is 0.353 e. The molecule has 0 atom stereocenters. The zero-order chi connectivity index (χ0) is 20.0. The molecule has 8 heteroatoms. The summed E-state index contributed by atoms with van der Waals surface area (Å²) in [5.74, 6) is 1.87. The Morgan fingerprint density at radius 3 is 2.38 bits per heavy atom. The molecule has 5 heterocycles. The smallest absolute Gasteiger partial charge is 0.225 e. The number of aryl methyl sites for hydroxylation is 3. The summed E-state index contributed by atoms with van der Waals surface area (Å²) in [6.07, 6.45) is 4.47. The molecule has 0 aliphatic carbocycles. The van der Waals surface area contributed by atoms with Crippen LogP contribution in [0.3, 0.4) is 0 Å². The van der Waals surface area contributed by atoms with Gasteiger partial charge in [-0.3, -0.25) is 0 Å². The van der Waals surface area contributed by atoms with Gasteiger partial charge in [0.1, 0.15) is 5.82 Å². The number of pyridine rings is 1. The maximum Gasteiger partial charge on any atom is 0.225 e. The zero-order valence-corrected chi connectivity index (χ0v) is 17.0. The van der Waals surface area contributed by atoms with Crippen molar-refractivity contribution in [2.24, 2.45) is 0 Å². The van der Waals surface area contributed by atoms with Crippen LogP contribution in [-0.4, -0.2) is 55.7 Å². The van der Waals surface area contributed by atoms with Gasteiger partial charge in [0.2, 0.25) is 5.95 Å². The van der Waals surface area contributed by atoms with Gasteiger partial charge in [-0.2, -0.15) is 4.52 Å². The van der Waals surface area contributed by atoms with E-state index in [0.29, 0.717) is 0 Å². The van der Waals surface area contributed by atoms with E-state index in [2.05, 4.69) is 50.7 Å². The van der Waals surface area contributed by atoms with E-state index in [-0.39, 0.29) is 0 Å². The predicted octanol–water partition coefficient (Wildman–Crippen LogP) is 2.57. The normalized spacial score (nSPS) is 14.9. The molecule has 5 rings (SSSR count). The van der Waals surface area contributed by atoms with E-state index < -0.39 is 0 Å². The number of hydrogen-bond donors (Lipinski definition) is 0. The number of aromatic nitrogens is 6. The molecule has 29 heavy (non-hydrogen) atoms.